The van der Waals surface area contributed by atoms with E-state index in [0.29, 0.717) is 41.0 Å². The van der Waals surface area contributed by atoms with Crippen LogP contribution in [0, 0.1) is 19.8 Å². The maximum Gasteiger partial charge on any atom is 0.253 e. The van der Waals surface area contributed by atoms with Crippen LogP contribution in [0.2, 0.25) is 5.02 Å². The van der Waals surface area contributed by atoms with Crippen molar-refractivity contribution in [1.29, 1.82) is 0 Å². The van der Waals surface area contributed by atoms with E-state index in [4.69, 9.17) is 25.8 Å². The number of benzene rings is 1. The van der Waals surface area contributed by atoms with Crippen LogP contribution in [0.1, 0.15) is 73.6 Å². The van der Waals surface area contributed by atoms with Crippen molar-refractivity contribution in [3.05, 3.63) is 56.0 Å². The van der Waals surface area contributed by atoms with Crippen LogP contribution >= 0.6 is 11.6 Å². The maximum absolute atomic E-state index is 13.6. The van der Waals surface area contributed by atoms with Gasteiger partial charge in [-0.25, -0.2) is 0 Å². The molecule has 3 fully saturated rings. The normalized spacial score (nSPS) is 26.4. The summed E-state index contributed by atoms with van der Waals surface area (Å²) in [6.07, 6.45) is 3.77. The van der Waals surface area contributed by atoms with Crippen molar-refractivity contribution >= 4 is 23.2 Å². The number of ether oxygens (including phenoxy) is 3. The zero-order valence-electron chi connectivity index (χ0n) is 25.5. The lowest BCUT2D eigenvalue weighted by atomic mass is 9.71. The van der Waals surface area contributed by atoms with Crippen molar-refractivity contribution in [2.45, 2.75) is 90.7 Å². The Balaban J connectivity index is 1.38. The van der Waals surface area contributed by atoms with Crippen molar-refractivity contribution in [3.8, 4) is 5.75 Å². The number of pyridine rings is 1. The molecule has 1 saturated carbocycles. The Morgan fingerprint density at radius 2 is 1.95 bits per heavy atom. The van der Waals surface area contributed by atoms with Crippen LogP contribution in [0.3, 0.4) is 0 Å². The largest absolute Gasteiger partial charge is 0.490 e. The fraction of sp³-hybridized carbons (Fsp3) is 0.625. The standard InChI is InChI=1S/C32H45ClN4O5/c1-6-37(23-7-9-40-10-8-23)28-15-25(41-24-12-22(13-24)32(5)18-34-16-21(4)42-32)14-26(29(28)33)30(38)35-17-27-19(2)11-20(3)36-31(27)39/h11,14-15,21-24,34H,6-10,12-13,16-18H2,1-5H3,(H,35,38)(H,36,39). The molecule has 3 aliphatic rings. The molecule has 9 nitrogen and oxygen atoms in total. The summed E-state index contributed by atoms with van der Waals surface area (Å²) in [6, 6.07) is 5.87. The summed E-state index contributed by atoms with van der Waals surface area (Å²) >= 11 is 6.99. The number of amides is 1. The summed E-state index contributed by atoms with van der Waals surface area (Å²) < 4.78 is 18.4. The second kappa shape index (κ2) is 13.0. The van der Waals surface area contributed by atoms with Crippen LogP contribution in [0.25, 0.3) is 0 Å². The van der Waals surface area contributed by atoms with Gasteiger partial charge in [-0.3, -0.25) is 9.59 Å². The molecule has 0 radical (unpaired) electrons. The first kappa shape index (κ1) is 30.9. The van der Waals surface area contributed by atoms with Gasteiger partial charge in [-0.15, -0.1) is 0 Å². The molecule has 42 heavy (non-hydrogen) atoms. The van der Waals surface area contributed by atoms with E-state index in [1.54, 1.807) is 6.07 Å². The minimum absolute atomic E-state index is 0.0320. The van der Waals surface area contributed by atoms with Gasteiger partial charge in [0.1, 0.15) is 5.75 Å². The van der Waals surface area contributed by atoms with E-state index in [0.717, 1.165) is 62.3 Å². The number of rotatable bonds is 9. The molecule has 2 aliphatic heterocycles. The highest BCUT2D eigenvalue weighted by molar-refractivity contribution is 6.36. The van der Waals surface area contributed by atoms with Crippen molar-refractivity contribution in [3.63, 3.8) is 0 Å². The molecule has 2 unspecified atom stereocenters. The van der Waals surface area contributed by atoms with E-state index in [-0.39, 0.29) is 41.9 Å². The van der Waals surface area contributed by atoms with Gasteiger partial charge in [0.25, 0.3) is 11.5 Å². The molecule has 0 bridgehead atoms. The van der Waals surface area contributed by atoms with Gasteiger partial charge >= 0.3 is 0 Å². The summed E-state index contributed by atoms with van der Waals surface area (Å²) in [5.74, 6) is 0.681. The van der Waals surface area contributed by atoms with Crippen molar-refractivity contribution in [2.75, 3.05) is 37.7 Å². The van der Waals surface area contributed by atoms with Gasteiger partial charge in [0.15, 0.2) is 0 Å². The number of H-pyrrole nitrogens is 1. The highest BCUT2D eigenvalue weighted by Crippen LogP contribution is 2.43. The summed E-state index contributed by atoms with van der Waals surface area (Å²) in [6.45, 7) is 14.0. The first-order valence-electron chi connectivity index (χ1n) is 15.3. The first-order chi connectivity index (χ1) is 20.1. The fourth-order valence-corrected chi connectivity index (χ4v) is 6.98. The second-order valence-corrected chi connectivity index (χ2v) is 12.7. The molecule has 1 amide bonds. The van der Waals surface area contributed by atoms with Gasteiger partial charge in [-0.05, 0) is 83.9 Å². The van der Waals surface area contributed by atoms with E-state index in [2.05, 4.69) is 41.3 Å². The lowest BCUT2D eigenvalue weighted by Gasteiger charge is -2.49. The number of nitrogens with zero attached hydrogens (tertiary/aromatic N) is 1. The number of aryl methyl sites for hydroxylation is 2. The molecule has 1 aromatic carbocycles. The monoisotopic (exact) mass is 600 g/mol. The van der Waals surface area contributed by atoms with Crippen molar-refractivity contribution in [2.24, 2.45) is 5.92 Å². The highest BCUT2D eigenvalue weighted by atomic mass is 35.5. The van der Waals surface area contributed by atoms with E-state index in [1.807, 2.05) is 26.0 Å². The molecule has 0 spiro atoms. The molecule has 230 valence electrons. The van der Waals surface area contributed by atoms with E-state index in [9.17, 15) is 9.59 Å². The smallest absolute Gasteiger partial charge is 0.253 e. The summed E-state index contributed by atoms with van der Waals surface area (Å²) in [4.78, 5) is 31.2. The number of nitrogens with one attached hydrogen (secondary N) is 3. The number of anilines is 1. The second-order valence-electron chi connectivity index (χ2n) is 12.3. The molecule has 1 aliphatic carbocycles. The van der Waals surface area contributed by atoms with Crippen molar-refractivity contribution < 1.29 is 19.0 Å². The predicted octanol–water partition coefficient (Wildman–Crippen LogP) is 4.50. The average Bonchev–Trinajstić information content (AvgIpc) is 2.92. The number of halogens is 1. The third-order valence-electron chi connectivity index (χ3n) is 9.11. The predicted molar refractivity (Wildman–Crippen MR) is 165 cm³/mol. The highest BCUT2D eigenvalue weighted by Gasteiger charge is 2.47. The molecule has 3 N–H and O–H groups in total. The van der Waals surface area contributed by atoms with Crippen LogP contribution in [-0.4, -0.2) is 67.6 Å². The molecule has 3 heterocycles. The molecular weight excluding hydrogens is 556 g/mol. The average molecular weight is 601 g/mol. The zero-order valence-corrected chi connectivity index (χ0v) is 26.2. The van der Waals surface area contributed by atoms with Gasteiger partial charge in [0.2, 0.25) is 0 Å². The lowest BCUT2D eigenvalue weighted by Crippen LogP contribution is -2.59. The Morgan fingerprint density at radius 3 is 2.62 bits per heavy atom. The molecule has 2 saturated heterocycles. The minimum Gasteiger partial charge on any atom is -0.490 e. The number of hydrogen-bond acceptors (Lipinski definition) is 7. The zero-order chi connectivity index (χ0) is 30.0. The molecule has 1 aromatic heterocycles. The van der Waals surface area contributed by atoms with Crippen LogP contribution in [0.15, 0.2) is 23.0 Å². The maximum atomic E-state index is 13.6. The number of aromatic nitrogens is 1. The SMILES string of the molecule is CCN(c1cc(OC2CC(C3(C)CNCC(C)O3)C2)cc(C(=O)NCc2c(C)cc(C)[nH]c2=O)c1Cl)C1CCOCC1. The summed E-state index contributed by atoms with van der Waals surface area (Å²) in [5, 5.41) is 6.81. The van der Waals surface area contributed by atoms with E-state index >= 15 is 0 Å². The van der Waals surface area contributed by atoms with E-state index < -0.39 is 0 Å². The third-order valence-corrected chi connectivity index (χ3v) is 9.51. The Bertz CT molecular complexity index is 1340. The number of aromatic amines is 1. The number of carbonyl (C=O) groups excluding carboxylic acids is 1. The Kier molecular flexibility index (Phi) is 9.52. The molecule has 2 aromatic rings. The topological polar surface area (TPSA) is 105 Å². The number of hydrogen-bond donors (Lipinski definition) is 3. The van der Waals surface area contributed by atoms with Crippen LogP contribution in [-0.2, 0) is 16.0 Å². The summed E-state index contributed by atoms with van der Waals surface area (Å²) in [5.41, 5.74) is 2.86. The quantitative estimate of drug-likeness (QED) is 0.389. The fourth-order valence-electron chi connectivity index (χ4n) is 6.67. The Morgan fingerprint density at radius 1 is 1.21 bits per heavy atom. The number of morpholine rings is 1. The van der Waals surface area contributed by atoms with Gasteiger partial charge in [0.05, 0.1) is 34.1 Å². The Labute approximate surface area is 253 Å². The lowest BCUT2D eigenvalue weighted by molar-refractivity contribution is -0.163. The van der Waals surface area contributed by atoms with E-state index in [1.165, 1.54) is 0 Å². The van der Waals surface area contributed by atoms with Crippen LogP contribution < -0.4 is 25.8 Å². The van der Waals surface area contributed by atoms with Gasteiger partial charge < -0.3 is 34.7 Å². The summed E-state index contributed by atoms with van der Waals surface area (Å²) in [7, 11) is 0. The Hall–Kier alpha value is -2.59. The minimum atomic E-state index is -0.344. The van der Waals surface area contributed by atoms with Crippen molar-refractivity contribution in [1.82, 2.24) is 15.6 Å². The number of carbonyl (C=O) groups is 1. The molecule has 2 atom stereocenters. The molecule has 5 rings (SSSR count). The third kappa shape index (κ3) is 6.64. The van der Waals surface area contributed by atoms with Gasteiger partial charge in [0, 0.05) is 62.8 Å². The molecule has 10 heteroatoms. The molecular formula is C32H45ClN4O5. The van der Waals surface area contributed by atoms with Gasteiger partial charge in [-0.2, -0.15) is 0 Å². The van der Waals surface area contributed by atoms with Crippen LogP contribution in [0.4, 0.5) is 5.69 Å². The first-order valence-corrected chi connectivity index (χ1v) is 15.7. The van der Waals surface area contributed by atoms with Crippen LogP contribution in [0.5, 0.6) is 5.75 Å². The van der Waals surface area contributed by atoms with Gasteiger partial charge in [-0.1, -0.05) is 11.6 Å².